The Labute approximate surface area is 155 Å². The van der Waals surface area contributed by atoms with Crippen molar-refractivity contribution in [3.05, 3.63) is 30.3 Å². The fourth-order valence-corrected chi connectivity index (χ4v) is 2.80. The van der Waals surface area contributed by atoms with Gasteiger partial charge in [0.25, 0.3) is 0 Å². The summed E-state index contributed by atoms with van der Waals surface area (Å²) in [6, 6.07) is 9.47. The van der Waals surface area contributed by atoms with Gasteiger partial charge in [0.15, 0.2) is 0 Å². The second-order valence-electron chi connectivity index (χ2n) is 5.99. The van der Waals surface area contributed by atoms with Crippen LogP contribution in [0.4, 0.5) is 0 Å². The van der Waals surface area contributed by atoms with E-state index in [-0.39, 0.29) is 30.1 Å². The first kappa shape index (κ1) is 21.3. The Bertz CT molecular complexity index is 528. The summed E-state index contributed by atoms with van der Waals surface area (Å²) in [6.45, 7) is 2.96. The molecule has 7 heteroatoms. The molecule has 2 rings (SSSR count). The highest BCUT2D eigenvalue weighted by molar-refractivity contribution is 5.85. The molecule has 1 heterocycles. The van der Waals surface area contributed by atoms with Gasteiger partial charge in [-0.25, -0.2) is 0 Å². The average Bonchev–Trinajstić information content (AvgIpc) is 2.63. The van der Waals surface area contributed by atoms with E-state index in [9.17, 15) is 9.59 Å². The van der Waals surface area contributed by atoms with Crippen molar-refractivity contribution in [1.82, 2.24) is 15.5 Å². The fourth-order valence-electron chi connectivity index (χ4n) is 2.80. The Morgan fingerprint density at radius 3 is 2.72 bits per heavy atom. The number of halogens is 1. The number of likely N-dealkylation sites (tertiary alicyclic amines) is 1. The van der Waals surface area contributed by atoms with Gasteiger partial charge in [-0.1, -0.05) is 18.2 Å². The summed E-state index contributed by atoms with van der Waals surface area (Å²) >= 11 is 0. The molecule has 140 valence electrons. The number of hydrogen-bond donors (Lipinski definition) is 2. The zero-order chi connectivity index (χ0) is 17.2. The number of carbonyl (C=O) groups is 2. The highest BCUT2D eigenvalue weighted by Crippen LogP contribution is 2.17. The van der Waals surface area contributed by atoms with Crippen LogP contribution in [-0.4, -0.2) is 56.5 Å². The first-order valence-electron chi connectivity index (χ1n) is 8.58. The van der Waals surface area contributed by atoms with Crippen LogP contribution in [0.25, 0.3) is 0 Å². The van der Waals surface area contributed by atoms with Crippen LogP contribution in [0.15, 0.2) is 30.3 Å². The van der Waals surface area contributed by atoms with E-state index in [0.29, 0.717) is 26.1 Å². The molecule has 2 amide bonds. The predicted octanol–water partition coefficient (Wildman–Crippen LogP) is 1.45. The number of piperidine rings is 1. The minimum Gasteiger partial charge on any atom is -0.493 e. The molecular formula is C18H28ClN3O3. The van der Waals surface area contributed by atoms with Crippen LogP contribution in [0.3, 0.4) is 0 Å². The lowest BCUT2D eigenvalue weighted by molar-refractivity contribution is -0.136. The first-order valence-corrected chi connectivity index (χ1v) is 8.58. The van der Waals surface area contributed by atoms with Crippen molar-refractivity contribution in [3.8, 4) is 5.75 Å². The molecule has 0 aliphatic carbocycles. The van der Waals surface area contributed by atoms with Gasteiger partial charge in [0.1, 0.15) is 5.75 Å². The minimum atomic E-state index is -0.102. The van der Waals surface area contributed by atoms with Crippen molar-refractivity contribution in [3.63, 3.8) is 0 Å². The van der Waals surface area contributed by atoms with Crippen LogP contribution in [0.5, 0.6) is 5.75 Å². The number of para-hydroxylation sites is 1. The van der Waals surface area contributed by atoms with E-state index in [4.69, 9.17) is 4.74 Å². The maximum atomic E-state index is 12.3. The van der Waals surface area contributed by atoms with Crippen molar-refractivity contribution >= 4 is 24.2 Å². The molecule has 1 aromatic carbocycles. The van der Waals surface area contributed by atoms with Gasteiger partial charge >= 0.3 is 0 Å². The van der Waals surface area contributed by atoms with Gasteiger partial charge in [-0.05, 0) is 32.0 Å². The zero-order valence-electron chi connectivity index (χ0n) is 14.7. The Hall–Kier alpha value is -1.79. The Kier molecular flexibility index (Phi) is 9.96. The standard InChI is InChI=1S/C18H27N3O3.ClH/c1-19-10-11-20-18(23)15-6-5-12-21(14-15)17(22)9-13-24-16-7-3-2-4-8-16;/h2-4,7-8,15,19H,5-6,9-14H2,1H3,(H,20,23);1H. The molecule has 1 aromatic rings. The number of rotatable bonds is 8. The third-order valence-corrected chi connectivity index (χ3v) is 4.15. The zero-order valence-corrected chi connectivity index (χ0v) is 15.5. The van der Waals surface area contributed by atoms with Crippen molar-refractivity contribution in [2.24, 2.45) is 5.92 Å². The molecule has 1 saturated heterocycles. The molecule has 0 saturated carbocycles. The van der Waals surface area contributed by atoms with E-state index in [1.165, 1.54) is 0 Å². The van der Waals surface area contributed by atoms with Gasteiger partial charge in [-0.15, -0.1) is 12.4 Å². The molecule has 0 bridgehead atoms. The fraction of sp³-hybridized carbons (Fsp3) is 0.556. The first-order chi connectivity index (χ1) is 11.7. The summed E-state index contributed by atoms with van der Waals surface area (Å²) in [7, 11) is 1.85. The highest BCUT2D eigenvalue weighted by atomic mass is 35.5. The van der Waals surface area contributed by atoms with E-state index in [1.807, 2.05) is 37.4 Å². The Morgan fingerprint density at radius 1 is 1.24 bits per heavy atom. The molecule has 0 spiro atoms. The molecule has 1 aliphatic heterocycles. The molecule has 1 atom stereocenters. The van der Waals surface area contributed by atoms with Crippen molar-refractivity contribution < 1.29 is 14.3 Å². The number of hydrogen-bond acceptors (Lipinski definition) is 4. The number of ether oxygens (including phenoxy) is 1. The molecular weight excluding hydrogens is 342 g/mol. The second kappa shape index (κ2) is 11.7. The van der Waals surface area contributed by atoms with Crippen LogP contribution < -0.4 is 15.4 Å². The lowest BCUT2D eigenvalue weighted by Crippen LogP contribution is -2.46. The number of likely N-dealkylation sites (N-methyl/N-ethyl adjacent to an activating group) is 1. The maximum absolute atomic E-state index is 12.3. The molecule has 25 heavy (non-hydrogen) atoms. The summed E-state index contributed by atoms with van der Waals surface area (Å²) in [5.41, 5.74) is 0. The molecule has 0 radical (unpaired) electrons. The summed E-state index contributed by atoms with van der Waals surface area (Å²) in [5.74, 6) is 0.766. The summed E-state index contributed by atoms with van der Waals surface area (Å²) in [6.07, 6.45) is 2.05. The van der Waals surface area contributed by atoms with E-state index < -0.39 is 0 Å². The largest absolute Gasteiger partial charge is 0.493 e. The topological polar surface area (TPSA) is 70.7 Å². The SMILES string of the molecule is CNCCNC(=O)C1CCCN(C(=O)CCOc2ccccc2)C1.Cl. The molecule has 6 nitrogen and oxygen atoms in total. The average molecular weight is 370 g/mol. The number of carbonyl (C=O) groups excluding carboxylic acids is 2. The van der Waals surface area contributed by atoms with Gasteiger partial charge in [-0.2, -0.15) is 0 Å². The quantitative estimate of drug-likeness (QED) is 0.680. The molecule has 1 aliphatic rings. The van der Waals surface area contributed by atoms with Gasteiger partial charge in [0.2, 0.25) is 11.8 Å². The number of benzene rings is 1. The van der Waals surface area contributed by atoms with Crippen LogP contribution >= 0.6 is 12.4 Å². The summed E-state index contributed by atoms with van der Waals surface area (Å²) in [4.78, 5) is 26.3. The van der Waals surface area contributed by atoms with E-state index in [1.54, 1.807) is 4.90 Å². The minimum absolute atomic E-state index is 0. The second-order valence-corrected chi connectivity index (χ2v) is 5.99. The molecule has 1 unspecified atom stereocenters. The van der Waals surface area contributed by atoms with Crippen molar-refractivity contribution in [2.75, 3.05) is 39.8 Å². The summed E-state index contributed by atoms with van der Waals surface area (Å²) in [5, 5.41) is 5.91. The molecule has 1 fully saturated rings. The van der Waals surface area contributed by atoms with Gasteiger partial charge < -0.3 is 20.3 Å². The van der Waals surface area contributed by atoms with Gasteiger partial charge in [0, 0.05) is 26.2 Å². The highest BCUT2D eigenvalue weighted by Gasteiger charge is 2.27. The Morgan fingerprint density at radius 2 is 2.00 bits per heavy atom. The van der Waals surface area contributed by atoms with Crippen LogP contribution in [0.1, 0.15) is 19.3 Å². The third-order valence-electron chi connectivity index (χ3n) is 4.15. The molecule has 0 aromatic heterocycles. The van der Waals surface area contributed by atoms with E-state index >= 15 is 0 Å². The number of amides is 2. The lowest BCUT2D eigenvalue weighted by Gasteiger charge is -2.32. The molecule has 2 N–H and O–H groups in total. The Balaban J connectivity index is 0.00000312. The van der Waals surface area contributed by atoms with Crippen LogP contribution in [0, 0.1) is 5.92 Å². The van der Waals surface area contributed by atoms with Crippen LogP contribution in [0.2, 0.25) is 0 Å². The smallest absolute Gasteiger partial charge is 0.226 e. The van der Waals surface area contributed by atoms with Gasteiger partial charge in [-0.3, -0.25) is 9.59 Å². The predicted molar refractivity (Wildman–Crippen MR) is 100 cm³/mol. The van der Waals surface area contributed by atoms with Gasteiger partial charge in [0.05, 0.1) is 18.9 Å². The van der Waals surface area contributed by atoms with Crippen LogP contribution in [-0.2, 0) is 9.59 Å². The number of nitrogens with zero attached hydrogens (tertiary/aromatic N) is 1. The van der Waals surface area contributed by atoms with Crippen molar-refractivity contribution in [2.45, 2.75) is 19.3 Å². The lowest BCUT2D eigenvalue weighted by atomic mass is 9.97. The third kappa shape index (κ3) is 7.32. The normalized spacial score (nSPS) is 16.7. The van der Waals surface area contributed by atoms with E-state index in [2.05, 4.69) is 10.6 Å². The number of nitrogens with one attached hydrogen (secondary N) is 2. The monoisotopic (exact) mass is 369 g/mol. The summed E-state index contributed by atoms with van der Waals surface area (Å²) < 4.78 is 5.57. The maximum Gasteiger partial charge on any atom is 0.226 e. The van der Waals surface area contributed by atoms with E-state index in [0.717, 1.165) is 31.7 Å². The van der Waals surface area contributed by atoms with Crippen molar-refractivity contribution in [1.29, 1.82) is 0 Å².